The van der Waals surface area contributed by atoms with Gasteiger partial charge in [-0.1, -0.05) is 29.8 Å². The molecule has 1 rings (SSSR count). The molecule has 1 heteroatoms. The Morgan fingerprint density at radius 3 is 2.93 bits per heavy atom. The SMILES string of the molecule is C#CCCCC(=O)Cc1cccc(C)c1. The second-order valence-electron chi connectivity index (χ2n) is 3.76. The molecule has 15 heavy (non-hydrogen) atoms. The Bertz CT molecular complexity index is 371. The monoisotopic (exact) mass is 200 g/mol. The summed E-state index contributed by atoms with van der Waals surface area (Å²) in [5, 5.41) is 0. The van der Waals surface area contributed by atoms with Crippen molar-refractivity contribution in [1.82, 2.24) is 0 Å². The minimum Gasteiger partial charge on any atom is -0.299 e. The van der Waals surface area contributed by atoms with Crippen LogP contribution in [0.1, 0.15) is 30.4 Å². The van der Waals surface area contributed by atoms with Crippen LogP contribution >= 0.6 is 0 Å². The lowest BCUT2D eigenvalue weighted by Gasteiger charge is -2.01. The van der Waals surface area contributed by atoms with Gasteiger partial charge in [0, 0.05) is 19.3 Å². The third-order valence-electron chi connectivity index (χ3n) is 2.26. The van der Waals surface area contributed by atoms with E-state index >= 15 is 0 Å². The summed E-state index contributed by atoms with van der Waals surface area (Å²) in [6.45, 7) is 2.03. The van der Waals surface area contributed by atoms with Crippen LogP contribution < -0.4 is 0 Å². The lowest BCUT2D eigenvalue weighted by molar-refractivity contribution is -0.118. The molecule has 0 aliphatic carbocycles. The number of rotatable bonds is 5. The van der Waals surface area contributed by atoms with Gasteiger partial charge in [-0.05, 0) is 18.9 Å². The molecule has 0 aliphatic heterocycles. The molecule has 0 fully saturated rings. The molecule has 0 N–H and O–H groups in total. The molecule has 0 radical (unpaired) electrons. The molecule has 78 valence electrons. The smallest absolute Gasteiger partial charge is 0.137 e. The molecule has 0 unspecified atom stereocenters. The van der Waals surface area contributed by atoms with Gasteiger partial charge in [0.05, 0.1) is 0 Å². The van der Waals surface area contributed by atoms with Gasteiger partial charge in [0.15, 0.2) is 0 Å². The van der Waals surface area contributed by atoms with E-state index in [1.165, 1.54) is 5.56 Å². The molecule has 1 aromatic rings. The molecule has 0 aliphatic rings. The summed E-state index contributed by atoms with van der Waals surface area (Å²) in [5.41, 5.74) is 2.30. The highest BCUT2D eigenvalue weighted by molar-refractivity contribution is 5.80. The molecule has 0 heterocycles. The van der Waals surface area contributed by atoms with Gasteiger partial charge in [0.2, 0.25) is 0 Å². The van der Waals surface area contributed by atoms with Crippen LogP contribution in [0.4, 0.5) is 0 Å². The summed E-state index contributed by atoms with van der Waals surface area (Å²) in [6, 6.07) is 8.07. The fraction of sp³-hybridized carbons (Fsp3) is 0.357. The summed E-state index contributed by atoms with van der Waals surface area (Å²) in [4.78, 5) is 11.5. The second-order valence-corrected chi connectivity index (χ2v) is 3.76. The van der Waals surface area contributed by atoms with Crippen molar-refractivity contribution in [2.45, 2.75) is 32.6 Å². The normalized spacial score (nSPS) is 9.60. The number of carbonyl (C=O) groups is 1. The zero-order chi connectivity index (χ0) is 11.1. The van der Waals surface area contributed by atoms with E-state index in [-0.39, 0.29) is 5.78 Å². The number of unbranched alkanes of at least 4 members (excludes halogenated alkanes) is 1. The van der Waals surface area contributed by atoms with Crippen molar-refractivity contribution in [3.05, 3.63) is 35.4 Å². The summed E-state index contributed by atoms with van der Waals surface area (Å²) >= 11 is 0. The molecule has 0 saturated heterocycles. The minimum absolute atomic E-state index is 0.274. The highest BCUT2D eigenvalue weighted by atomic mass is 16.1. The van der Waals surface area contributed by atoms with Gasteiger partial charge in [0.1, 0.15) is 5.78 Å². The van der Waals surface area contributed by atoms with Crippen molar-refractivity contribution >= 4 is 5.78 Å². The third kappa shape index (κ3) is 4.46. The van der Waals surface area contributed by atoms with Crippen molar-refractivity contribution in [2.75, 3.05) is 0 Å². The Labute approximate surface area is 91.5 Å². The van der Waals surface area contributed by atoms with Crippen molar-refractivity contribution in [3.63, 3.8) is 0 Å². The summed E-state index contributed by atoms with van der Waals surface area (Å²) in [5.74, 6) is 2.82. The van der Waals surface area contributed by atoms with Crippen LogP contribution in [0.25, 0.3) is 0 Å². The first-order valence-electron chi connectivity index (χ1n) is 5.23. The molecule has 0 bridgehead atoms. The van der Waals surface area contributed by atoms with E-state index in [4.69, 9.17) is 6.42 Å². The lowest BCUT2D eigenvalue weighted by Crippen LogP contribution is -2.02. The average molecular weight is 200 g/mol. The van der Waals surface area contributed by atoms with E-state index in [9.17, 15) is 4.79 Å². The molecule has 0 atom stereocenters. The fourth-order valence-electron chi connectivity index (χ4n) is 1.53. The predicted octanol–water partition coefficient (Wildman–Crippen LogP) is 2.91. The molecule has 0 aromatic heterocycles. The Morgan fingerprint density at radius 1 is 1.47 bits per heavy atom. The first-order chi connectivity index (χ1) is 7.22. The Hall–Kier alpha value is -1.55. The van der Waals surface area contributed by atoms with Crippen LogP contribution in [0.2, 0.25) is 0 Å². The number of hydrogen-bond donors (Lipinski definition) is 0. The number of benzene rings is 1. The van der Waals surface area contributed by atoms with E-state index in [0.717, 1.165) is 12.0 Å². The van der Waals surface area contributed by atoms with Crippen LogP contribution in [0.15, 0.2) is 24.3 Å². The highest BCUT2D eigenvalue weighted by Crippen LogP contribution is 2.07. The molecule has 1 aromatic carbocycles. The minimum atomic E-state index is 0.274. The van der Waals surface area contributed by atoms with E-state index in [2.05, 4.69) is 12.0 Å². The standard InChI is InChI=1S/C14H16O/c1-3-4-5-9-14(15)11-13-8-6-7-12(2)10-13/h1,6-8,10H,4-5,9,11H2,2H3. The first kappa shape index (κ1) is 11.5. The average Bonchev–Trinajstić information content (AvgIpc) is 2.18. The maximum Gasteiger partial charge on any atom is 0.137 e. The van der Waals surface area contributed by atoms with Gasteiger partial charge in [-0.15, -0.1) is 12.3 Å². The fourth-order valence-corrected chi connectivity index (χ4v) is 1.53. The molecule has 0 amide bonds. The quantitative estimate of drug-likeness (QED) is 0.527. The van der Waals surface area contributed by atoms with Gasteiger partial charge in [-0.3, -0.25) is 4.79 Å². The van der Waals surface area contributed by atoms with E-state index in [0.29, 0.717) is 19.3 Å². The van der Waals surface area contributed by atoms with Gasteiger partial charge in [-0.2, -0.15) is 0 Å². The predicted molar refractivity (Wildman–Crippen MR) is 62.6 cm³/mol. The second kappa shape index (κ2) is 6.03. The molecule has 0 saturated carbocycles. The number of Topliss-reactive ketones (excluding diaryl/α,β-unsaturated/α-hetero) is 1. The van der Waals surface area contributed by atoms with Crippen molar-refractivity contribution < 1.29 is 4.79 Å². The summed E-state index contributed by atoms with van der Waals surface area (Å²) in [7, 11) is 0. The highest BCUT2D eigenvalue weighted by Gasteiger charge is 2.02. The first-order valence-corrected chi connectivity index (χ1v) is 5.23. The third-order valence-corrected chi connectivity index (χ3v) is 2.26. The van der Waals surface area contributed by atoms with Gasteiger partial charge in [-0.25, -0.2) is 0 Å². The van der Waals surface area contributed by atoms with Gasteiger partial charge < -0.3 is 0 Å². The number of terminal acetylenes is 1. The zero-order valence-corrected chi connectivity index (χ0v) is 9.12. The van der Waals surface area contributed by atoms with Crippen LogP contribution in [-0.2, 0) is 11.2 Å². The van der Waals surface area contributed by atoms with Crippen LogP contribution in [-0.4, -0.2) is 5.78 Å². The van der Waals surface area contributed by atoms with Crippen molar-refractivity contribution in [1.29, 1.82) is 0 Å². The van der Waals surface area contributed by atoms with Crippen molar-refractivity contribution in [2.24, 2.45) is 0 Å². The van der Waals surface area contributed by atoms with Crippen molar-refractivity contribution in [3.8, 4) is 12.3 Å². The van der Waals surface area contributed by atoms with Gasteiger partial charge >= 0.3 is 0 Å². The van der Waals surface area contributed by atoms with E-state index in [1.54, 1.807) is 0 Å². The maximum atomic E-state index is 11.5. The molecule has 1 nitrogen and oxygen atoms in total. The van der Waals surface area contributed by atoms with Crippen LogP contribution in [0.3, 0.4) is 0 Å². The van der Waals surface area contributed by atoms with Gasteiger partial charge in [0.25, 0.3) is 0 Å². The summed E-state index contributed by atoms with van der Waals surface area (Å²) in [6.07, 6.45) is 7.76. The number of ketones is 1. The molecular formula is C14H16O. The Morgan fingerprint density at radius 2 is 2.27 bits per heavy atom. The van der Waals surface area contributed by atoms with E-state index in [1.807, 2.05) is 25.1 Å². The summed E-state index contributed by atoms with van der Waals surface area (Å²) < 4.78 is 0. The lowest BCUT2D eigenvalue weighted by atomic mass is 10.0. The van der Waals surface area contributed by atoms with Crippen LogP contribution in [0.5, 0.6) is 0 Å². The van der Waals surface area contributed by atoms with E-state index < -0.39 is 0 Å². The maximum absolute atomic E-state index is 11.5. The molecule has 0 spiro atoms. The van der Waals surface area contributed by atoms with Crippen LogP contribution in [0, 0.1) is 19.3 Å². The molecular weight excluding hydrogens is 184 g/mol. The Balaban J connectivity index is 2.42. The largest absolute Gasteiger partial charge is 0.299 e. The zero-order valence-electron chi connectivity index (χ0n) is 9.12. The number of hydrogen-bond acceptors (Lipinski definition) is 1. The number of aryl methyl sites for hydroxylation is 1. The number of carbonyl (C=O) groups excluding carboxylic acids is 1. The topological polar surface area (TPSA) is 17.1 Å². The Kier molecular flexibility index (Phi) is 4.63.